The van der Waals surface area contributed by atoms with Crippen LogP contribution in [0.2, 0.25) is 0 Å². The van der Waals surface area contributed by atoms with Crippen molar-refractivity contribution in [3.8, 4) is 11.5 Å². The van der Waals surface area contributed by atoms with Gasteiger partial charge in [-0.15, -0.1) is 0 Å². The fourth-order valence-corrected chi connectivity index (χ4v) is 1.72. The van der Waals surface area contributed by atoms with Crippen LogP contribution in [0.25, 0.3) is 0 Å². The number of guanidine groups is 1. The van der Waals surface area contributed by atoms with Crippen molar-refractivity contribution in [3.05, 3.63) is 23.8 Å². The van der Waals surface area contributed by atoms with Gasteiger partial charge in [-0.1, -0.05) is 12.1 Å². The number of ether oxygens (including phenoxy) is 2. The van der Waals surface area contributed by atoms with Gasteiger partial charge in [-0.25, -0.2) is 4.99 Å². The summed E-state index contributed by atoms with van der Waals surface area (Å²) in [4.78, 5) is 26.0. The summed E-state index contributed by atoms with van der Waals surface area (Å²) >= 11 is 0. The Morgan fingerprint density at radius 2 is 1.94 bits per heavy atom. The predicted molar refractivity (Wildman–Crippen MR) is 60.0 cm³/mol. The van der Waals surface area contributed by atoms with Crippen LogP contribution in [0.1, 0.15) is 5.56 Å². The summed E-state index contributed by atoms with van der Waals surface area (Å²) in [5.74, 6) is 0.0736. The monoisotopic (exact) mass is 247 g/mol. The van der Waals surface area contributed by atoms with Gasteiger partial charge in [0.2, 0.25) is 12.8 Å². The molecule has 0 unspecified atom stereocenters. The second-order valence-electron chi connectivity index (χ2n) is 3.72. The second-order valence-corrected chi connectivity index (χ2v) is 3.72. The standard InChI is InChI=1S/C11H9N3O4/c15-9-10(16)14-11(13-9)12-4-6-2-1-3-7-8(6)18-5-17-7/h1-3H,4-5H2,(H2,12,13,14,15,16). The van der Waals surface area contributed by atoms with Crippen molar-refractivity contribution in [1.82, 2.24) is 10.6 Å². The van der Waals surface area contributed by atoms with E-state index in [9.17, 15) is 9.59 Å². The number of rotatable bonds is 2. The van der Waals surface area contributed by atoms with E-state index in [4.69, 9.17) is 9.47 Å². The van der Waals surface area contributed by atoms with Crippen molar-refractivity contribution in [1.29, 1.82) is 0 Å². The topological polar surface area (TPSA) is 89.0 Å². The van der Waals surface area contributed by atoms with Crippen LogP contribution in [0.4, 0.5) is 0 Å². The van der Waals surface area contributed by atoms with Crippen LogP contribution in [0.5, 0.6) is 11.5 Å². The van der Waals surface area contributed by atoms with Gasteiger partial charge in [0.05, 0.1) is 6.54 Å². The van der Waals surface area contributed by atoms with E-state index < -0.39 is 11.8 Å². The fourth-order valence-electron chi connectivity index (χ4n) is 1.72. The molecule has 1 aromatic rings. The zero-order chi connectivity index (χ0) is 12.5. The van der Waals surface area contributed by atoms with Crippen molar-refractivity contribution >= 4 is 17.8 Å². The second kappa shape index (κ2) is 4.02. The minimum Gasteiger partial charge on any atom is -0.454 e. The summed E-state index contributed by atoms with van der Waals surface area (Å²) in [6.07, 6.45) is 0. The molecule has 3 rings (SSSR count). The van der Waals surface area contributed by atoms with Crippen LogP contribution < -0.4 is 20.1 Å². The Morgan fingerprint density at radius 3 is 2.72 bits per heavy atom. The quantitative estimate of drug-likeness (QED) is 0.691. The molecule has 1 aromatic carbocycles. The minimum atomic E-state index is -0.702. The largest absolute Gasteiger partial charge is 0.454 e. The van der Waals surface area contributed by atoms with Crippen molar-refractivity contribution in [2.45, 2.75) is 6.54 Å². The maximum Gasteiger partial charge on any atom is 0.316 e. The van der Waals surface area contributed by atoms with E-state index in [1.165, 1.54) is 0 Å². The number of nitrogens with zero attached hydrogens (tertiary/aromatic N) is 1. The predicted octanol–water partition coefficient (Wildman–Crippen LogP) is -0.483. The highest BCUT2D eigenvalue weighted by Gasteiger charge is 2.25. The van der Waals surface area contributed by atoms with Crippen LogP contribution in [0, 0.1) is 0 Å². The third-order valence-corrected chi connectivity index (χ3v) is 2.56. The van der Waals surface area contributed by atoms with Crippen LogP contribution >= 0.6 is 0 Å². The number of fused-ring (bicyclic) bond motifs is 1. The summed E-state index contributed by atoms with van der Waals surface area (Å²) < 4.78 is 10.6. The molecule has 7 nitrogen and oxygen atoms in total. The molecule has 18 heavy (non-hydrogen) atoms. The normalized spacial score (nSPS) is 16.6. The average molecular weight is 247 g/mol. The smallest absolute Gasteiger partial charge is 0.316 e. The van der Waals surface area contributed by atoms with Gasteiger partial charge in [-0.3, -0.25) is 20.2 Å². The molecule has 2 aliphatic heterocycles. The molecule has 1 saturated heterocycles. The molecule has 7 heteroatoms. The molecule has 0 aliphatic carbocycles. The van der Waals surface area contributed by atoms with E-state index >= 15 is 0 Å². The lowest BCUT2D eigenvalue weighted by molar-refractivity contribution is -0.135. The van der Waals surface area contributed by atoms with E-state index in [0.717, 1.165) is 5.56 Å². The first-order chi connectivity index (χ1) is 8.74. The Kier molecular flexibility index (Phi) is 2.36. The van der Waals surface area contributed by atoms with E-state index in [1.54, 1.807) is 6.07 Å². The number of amides is 2. The van der Waals surface area contributed by atoms with Crippen LogP contribution in [0.3, 0.4) is 0 Å². The number of aliphatic imine (C=N–C) groups is 1. The van der Waals surface area contributed by atoms with Crippen LogP contribution in [-0.4, -0.2) is 24.6 Å². The highest BCUT2D eigenvalue weighted by atomic mass is 16.7. The van der Waals surface area contributed by atoms with E-state index in [2.05, 4.69) is 15.6 Å². The van der Waals surface area contributed by atoms with Crippen LogP contribution in [0.15, 0.2) is 23.2 Å². The minimum absolute atomic E-state index is 0.154. The Morgan fingerprint density at radius 1 is 1.17 bits per heavy atom. The zero-order valence-corrected chi connectivity index (χ0v) is 9.23. The molecular formula is C11H9N3O4. The van der Waals surface area contributed by atoms with Crippen molar-refractivity contribution in [2.75, 3.05) is 6.79 Å². The summed E-state index contributed by atoms with van der Waals surface area (Å²) in [6, 6.07) is 5.48. The lowest BCUT2D eigenvalue weighted by atomic mass is 10.2. The molecule has 0 bridgehead atoms. The molecule has 0 spiro atoms. The first-order valence-electron chi connectivity index (χ1n) is 5.28. The third kappa shape index (κ3) is 1.75. The summed E-state index contributed by atoms with van der Waals surface area (Å²) in [7, 11) is 0. The Hall–Kier alpha value is -2.57. The first-order valence-corrected chi connectivity index (χ1v) is 5.28. The van der Waals surface area contributed by atoms with Gasteiger partial charge in [0.15, 0.2) is 11.5 Å². The van der Waals surface area contributed by atoms with E-state index in [1.807, 2.05) is 12.1 Å². The molecule has 2 aliphatic rings. The number of hydrogen-bond acceptors (Lipinski definition) is 5. The summed E-state index contributed by atoms with van der Waals surface area (Å²) in [6.45, 7) is 0.471. The van der Waals surface area contributed by atoms with Gasteiger partial charge in [0.25, 0.3) is 0 Å². The van der Waals surface area contributed by atoms with Gasteiger partial charge in [-0.2, -0.15) is 0 Å². The first kappa shape index (κ1) is 10.6. The summed E-state index contributed by atoms with van der Waals surface area (Å²) in [5, 5.41) is 4.64. The third-order valence-electron chi connectivity index (χ3n) is 2.56. The van der Waals surface area contributed by atoms with Crippen molar-refractivity contribution in [3.63, 3.8) is 0 Å². The molecule has 1 fully saturated rings. The van der Waals surface area contributed by atoms with Crippen LogP contribution in [-0.2, 0) is 16.1 Å². The number of carbonyl (C=O) groups is 2. The molecular weight excluding hydrogens is 238 g/mol. The number of hydrogen-bond donors (Lipinski definition) is 2. The number of nitrogens with one attached hydrogen (secondary N) is 2. The molecule has 0 aromatic heterocycles. The molecule has 2 heterocycles. The average Bonchev–Trinajstić information content (AvgIpc) is 2.94. The lowest BCUT2D eigenvalue weighted by Crippen LogP contribution is -2.25. The molecule has 0 atom stereocenters. The van der Waals surface area contributed by atoms with Gasteiger partial charge < -0.3 is 9.47 Å². The SMILES string of the molecule is O=C1NC(=NCc2cccc3c2OCO3)NC1=O. The van der Waals surface area contributed by atoms with Gasteiger partial charge in [0.1, 0.15) is 0 Å². The van der Waals surface area contributed by atoms with E-state index in [0.29, 0.717) is 11.5 Å². The van der Waals surface area contributed by atoms with Crippen molar-refractivity contribution in [2.24, 2.45) is 4.99 Å². The lowest BCUT2D eigenvalue weighted by Gasteiger charge is -2.03. The molecule has 0 saturated carbocycles. The maximum atomic E-state index is 10.9. The van der Waals surface area contributed by atoms with Gasteiger partial charge in [-0.05, 0) is 6.07 Å². The Balaban J connectivity index is 1.78. The number of benzene rings is 1. The maximum absolute atomic E-state index is 10.9. The Labute approximate surface area is 102 Å². The zero-order valence-electron chi connectivity index (χ0n) is 9.23. The van der Waals surface area contributed by atoms with Gasteiger partial charge in [0, 0.05) is 5.56 Å². The number of para-hydroxylation sites is 1. The molecule has 2 N–H and O–H groups in total. The van der Waals surface area contributed by atoms with Crippen molar-refractivity contribution < 1.29 is 19.1 Å². The highest BCUT2D eigenvalue weighted by molar-refractivity contribution is 6.45. The highest BCUT2D eigenvalue weighted by Crippen LogP contribution is 2.35. The molecule has 92 valence electrons. The number of carbonyl (C=O) groups excluding carboxylic acids is 2. The fraction of sp³-hybridized carbons (Fsp3) is 0.182. The molecule has 2 amide bonds. The molecule has 0 radical (unpaired) electrons. The Bertz CT molecular complexity index is 549. The summed E-state index contributed by atoms with van der Waals surface area (Å²) in [5.41, 5.74) is 0.827. The van der Waals surface area contributed by atoms with Gasteiger partial charge >= 0.3 is 11.8 Å². The van der Waals surface area contributed by atoms with E-state index in [-0.39, 0.29) is 19.3 Å².